The summed E-state index contributed by atoms with van der Waals surface area (Å²) in [5, 5.41) is 5.57. The smallest absolute Gasteiger partial charge is 0.163 e. The number of carbonyl (C=O) groups is 1. The van der Waals surface area contributed by atoms with Crippen molar-refractivity contribution in [3.05, 3.63) is 60.1 Å². The number of Topliss-reactive ketones (excluding diaryl/α,β-unsaturated/α-hetero) is 1. The largest absolute Gasteiger partial charge is 0.294 e. The average molecular weight is 303 g/mol. The standard InChI is InChI=1S/C19H17N3O/c1-2-16-17-10-14-12-21-22(15-6-8-20-9-7-15)18(14)11-13(17)4-3-5-19(16)23/h2,6-12H,3-5H2,1H3. The van der Waals surface area contributed by atoms with Crippen LogP contribution in [0.15, 0.2) is 48.9 Å². The third-order valence-corrected chi connectivity index (χ3v) is 4.43. The minimum atomic E-state index is 0.243. The van der Waals surface area contributed by atoms with E-state index >= 15 is 0 Å². The fourth-order valence-electron chi connectivity index (χ4n) is 3.31. The molecule has 0 spiro atoms. The molecule has 0 fully saturated rings. The van der Waals surface area contributed by atoms with E-state index < -0.39 is 0 Å². The van der Waals surface area contributed by atoms with Gasteiger partial charge in [-0.3, -0.25) is 9.78 Å². The van der Waals surface area contributed by atoms with Gasteiger partial charge < -0.3 is 0 Å². The quantitative estimate of drug-likeness (QED) is 0.508. The first-order valence-corrected chi connectivity index (χ1v) is 7.89. The fraction of sp³-hybridized carbons (Fsp3) is 0.211. The summed E-state index contributed by atoms with van der Waals surface area (Å²) in [5.41, 5.74) is 5.20. The third-order valence-electron chi connectivity index (χ3n) is 4.43. The van der Waals surface area contributed by atoms with Crippen LogP contribution < -0.4 is 0 Å². The number of aryl methyl sites for hydroxylation is 1. The molecule has 2 heterocycles. The lowest BCUT2D eigenvalue weighted by atomic mass is 9.96. The number of nitrogens with zero attached hydrogens (tertiary/aromatic N) is 3. The topological polar surface area (TPSA) is 47.8 Å². The van der Waals surface area contributed by atoms with Gasteiger partial charge in [-0.25, -0.2) is 4.68 Å². The van der Waals surface area contributed by atoms with Crippen molar-refractivity contribution in [2.45, 2.75) is 26.2 Å². The molecule has 1 aromatic carbocycles. The average Bonchev–Trinajstić information content (AvgIpc) is 2.91. The van der Waals surface area contributed by atoms with Gasteiger partial charge in [0.15, 0.2) is 5.78 Å². The molecule has 0 saturated heterocycles. The van der Waals surface area contributed by atoms with E-state index in [9.17, 15) is 4.79 Å². The van der Waals surface area contributed by atoms with Gasteiger partial charge in [0.1, 0.15) is 0 Å². The molecule has 23 heavy (non-hydrogen) atoms. The van der Waals surface area contributed by atoms with Crippen molar-refractivity contribution in [2.75, 3.05) is 0 Å². The van der Waals surface area contributed by atoms with Crippen LogP contribution in [-0.4, -0.2) is 20.5 Å². The predicted octanol–water partition coefficient (Wildman–Crippen LogP) is 3.73. The van der Waals surface area contributed by atoms with E-state index in [0.717, 1.165) is 40.6 Å². The maximum absolute atomic E-state index is 12.3. The van der Waals surface area contributed by atoms with Crippen LogP contribution in [0, 0.1) is 0 Å². The van der Waals surface area contributed by atoms with Gasteiger partial charge in [-0.1, -0.05) is 6.08 Å². The van der Waals surface area contributed by atoms with Crippen LogP contribution in [0.1, 0.15) is 30.9 Å². The molecular formula is C19H17N3O. The Morgan fingerprint density at radius 2 is 2.00 bits per heavy atom. The van der Waals surface area contributed by atoms with Crippen molar-refractivity contribution in [3.8, 4) is 5.69 Å². The first-order chi connectivity index (χ1) is 11.3. The lowest BCUT2D eigenvalue weighted by Gasteiger charge is -2.10. The summed E-state index contributed by atoms with van der Waals surface area (Å²) < 4.78 is 1.93. The van der Waals surface area contributed by atoms with Gasteiger partial charge in [-0.2, -0.15) is 5.10 Å². The summed E-state index contributed by atoms with van der Waals surface area (Å²) in [6.07, 6.45) is 9.78. The first-order valence-electron chi connectivity index (χ1n) is 7.89. The fourth-order valence-corrected chi connectivity index (χ4v) is 3.31. The Morgan fingerprint density at radius 3 is 2.78 bits per heavy atom. The van der Waals surface area contributed by atoms with Crippen molar-refractivity contribution in [1.82, 2.24) is 14.8 Å². The summed E-state index contributed by atoms with van der Waals surface area (Å²) in [5.74, 6) is 0.243. The zero-order chi connectivity index (χ0) is 15.8. The Balaban J connectivity index is 1.94. The Labute approximate surface area is 134 Å². The molecule has 0 bridgehead atoms. The van der Waals surface area contributed by atoms with E-state index in [0.29, 0.717) is 6.42 Å². The van der Waals surface area contributed by atoms with Crippen LogP contribution in [0.5, 0.6) is 0 Å². The normalized spacial score (nSPS) is 16.6. The number of carbonyl (C=O) groups excluding carboxylic acids is 1. The number of aromatic nitrogens is 3. The van der Waals surface area contributed by atoms with Crippen LogP contribution in [0.25, 0.3) is 22.2 Å². The van der Waals surface area contributed by atoms with E-state index in [1.54, 1.807) is 12.4 Å². The molecule has 3 aromatic rings. The van der Waals surface area contributed by atoms with Gasteiger partial charge in [0, 0.05) is 29.8 Å². The van der Waals surface area contributed by atoms with Crippen molar-refractivity contribution in [1.29, 1.82) is 0 Å². The number of benzene rings is 1. The van der Waals surface area contributed by atoms with Gasteiger partial charge in [-0.15, -0.1) is 0 Å². The lowest BCUT2D eigenvalue weighted by Crippen LogP contribution is -2.00. The number of fused-ring (bicyclic) bond motifs is 2. The van der Waals surface area contributed by atoms with Gasteiger partial charge in [0.2, 0.25) is 0 Å². The molecule has 0 atom stereocenters. The zero-order valence-corrected chi connectivity index (χ0v) is 13.0. The van der Waals surface area contributed by atoms with Crippen molar-refractivity contribution in [2.24, 2.45) is 0 Å². The SMILES string of the molecule is CC=C1C(=O)CCCc2cc3c(cnn3-c3ccncc3)cc21. The van der Waals surface area contributed by atoms with E-state index in [-0.39, 0.29) is 5.78 Å². The molecule has 1 aliphatic carbocycles. The Bertz CT molecular complexity index is 922. The second kappa shape index (κ2) is 5.47. The first kappa shape index (κ1) is 13.9. The summed E-state index contributed by atoms with van der Waals surface area (Å²) in [6, 6.07) is 8.17. The van der Waals surface area contributed by atoms with Crippen molar-refractivity contribution in [3.63, 3.8) is 0 Å². The van der Waals surface area contributed by atoms with E-state index in [1.165, 1.54) is 5.56 Å². The van der Waals surface area contributed by atoms with Crippen LogP contribution in [0.4, 0.5) is 0 Å². The van der Waals surface area contributed by atoms with Gasteiger partial charge in [-0.05, 0) is 55.2 Å². The maximum atomic E-state index is 12.3. The number of rotatable bonds is 1. The molecule has 4 nitrogen and oxygen atoms in total. The highest BCUT2D eigenvalue weighted by molar-refractivity contribution is 6.21. The number of hydrogen-bond donors (Lipinski definition) is 0. The summed E-state index contributed by atoms with van der Waals surface area (Å²) in [7, 11) is 0. The number of allylic oxidation sites excluding steroid dienone is 2. The van der Waals surface area contributed by atoms with Gasteiger partial charge in [0.05, 0.1) is 17.4 Å². The Kier molecular flexibility index (Phi) is 3.30. The molecule has 4 rings (SSSR count). The second-order valence-corrected chi connectivity index (χ2v) is 5.81. The molecule has 0 saturated carbocycles. The molecule has 0 unspecified atom stereocenters. The number of hydrogen-bond acceptors (Lipinski definition) is 3. The summed E-state index contributed by atoms with van der Waals surface area (Å²) >= 11 is 0. The zero-order valence-electron chi connectivity index (χ0n) is 13.0. The number of pyridine rings is 1. The Hall–Kier alpha value is -2.75. The van der Waals surface area contributed by atoms with E-state index in [1.807, 2.05) is 36.0 Å². The second-order valence-electron chi connectivity index (χ2n) is 5.81. The van der Waals surface area contributed by atoms with Gasteiger partial charge in [0.25, 0.3) is 0 Å². The third kappa shape index (κ3) is 2.27. The molecule has 114 valence electrons. The van der Waals surface area contributed by atoms with Crippen LogP contribution >= 0.6 is 0 Å². The van der Waals surface area contributed by atoms with Crippen LogP contribution in [0.2, 0.25) is 0 Å². The molecule has 4 heteroatoms. The molecular weight excluding hydrogens is 286 g/mol. The Morgan fingerprint density at radius 1 is 1.17 bits per heavy atom. The van der Waals surface area contributed by atoms with Crippen molar-refractivity contribution < 1.29 is 4.79 Å². The minimum absolute atomic E-state index is 0.243. The van der Waals surface area contributed by atoms with Gasteiger partial charge >= 0.3 is 0 Å². The highest BCUT2D eigenvalue weighted by Crippen LogP contribution is 2.31. The number of ketones is 1. The monoisotopic (exact) mass is 303 g/mol. The highest BCUT2D eigenvalue weighted by Gasteiger charge is 2.20. The van der Waals surface area contributed by atoms with Crippen LogP contribution in [-0.2, 0) is 11.2 Å². The summed E-state index contributed by atoms with van der Waals surface area (Å²) in [4.78, 5) is 16.3. The van der Waals surface area contributed by atoms with Crippen molar-refractivity contribution >= 4 is 22.3 Å². The molecule has 2 aromatic heterocycles. The molecule has 0 radical (unpaired) electrons. The maximum Gasteiger partial charge on any atom is 0.163 e. The molecule has 0 N–H and O–H groups in total. The lowest BCUT2D eigenvalue weighted by molar-refractivity contribution is -0.113. The van der Waals surface area contributed by atoms with Crippen LogP contribution in [0.3, 0.4) is 0 Å². The summed E-state index contributed by atoms with van der Waals surface area (Å²) in [6.45, 7) is 1.94. The molecule has 0 amide bonds. The van der Waals surface area contributed by atoms with E-state index in [4.69, 9.17) is 0 Å². The predicted molar refractivity (Wildman–Crippen MR) is 90.5 cm³/mol. The highest BCUT2D eigenvalue weighted by atomic mass is 16.1. The molecule has 1 aliphatic rings. The van der Waals surface area contributed by atoms with E-state index in [2.05, 4.69) is 22.2 Å². The molecule has 0 aliphatic heterocycles. The minimum Gasteiger partial charge on any atom is -0.294 e.